The summed E-state index contributed by atoms with van der Waals surface area (Å²) in [6.45, 7) is 6.55. The normalized spacial score (nSPS) is 11.1. The first-order valence-electron chi connectivity index (χ1n) is 10.9. The summed E-state index contributed by atoms with van der Waals surface area (Å²) in [7, 11) is 0. The molecule has 0 saturated heterocycles. The van der Waals surface area contributed by atoms with E-state index in [2.05, 4.69) is 51.6 Å². The number of aryl methyl sites for hydroxylation is 1. The van der Waals surface area contributed by atoms with Gasteiger partial charge in [0.1, 0.15) is 5.70 Å². The van der Waals surface area contributed by atoms with Gasteiger partial charge in [-0.3, -0.25) is 9.59 Å². The highest BCUT2D eigenvalue weighted by Crippen LogP contribution is 2.29. The molecule has 33 heavy (non-hydrogen) atoms. The van der Waals surface area contributed by atoms with Crippen LogP contribution in [0.3, 0.4) is 0 Å². The second kappa shape index (κ2) is 9.53. The maximum absolute atomic E-state index is 12.7. The Morgan fingerprint density at radius 3 is 2.33 bits per heavy atom. The van der Waals surface area contributed by atoms with Gasteiger partial charge in [-0.1, -0.05) is 42.5 Å². The molecule has 1 heterocycles. The van der Waals surface area contributed by atoms with Gasteiger partial charge in [-0.25, -0.2) is 5.43 Å². The molecule has 1 aromatic heterocycles. The lowest BCUT2D eigenvalue weighted by atomic mass is 10.1. The molecule has 0 aliphatic heterocycles. The topological polar surface area (TPSA) is 75.5 Å². The van der Waals surface area contributed by atoms with Crippen molar-refractivity contribution in [2.45, 2.75) is 27.3 Å². The predicted octanol–water partition coefficient (Wildman–Crippen LogP) is 4.99. The van der Waals surface area contributed by atoms with Crippen molar-refractivity contribution in [1.29, 1.82) is 0 Å². The fourth-order valence-corrected chi connectivity index (χ4v) is 3.90. The number of nitrogens with one attached hydrogen (secondary N) is 2. The van der Waals surface area contributed by atoms with E-state index in [0.717, 1.165) is 23.0 Å². The zero-order valence-corrected chi connectivity index (χ0v) is 18.9. The van der Waals surface area contributed by atoms with Gasteiger partial charge in [0.2, 0.25) is 0 Å². The molecule has 0 fully saturated rings. The third-order valence-electron chi connectivity index (χ3n) is 5.49. The zero-order valence-electron chi connectivity index (χ0n) is 18.9. The molecule has 0 atom stereocenters. The van der Waals surface area contributed by atoms with Crippen LogP contribution in [-0.2, 0) is 11.3 Å². The van der Waals surface area contributed by atoms with E-state index in [4.69, 9.17) is 0 Å². The molecule has 0 spiro atoms. The standard InChI is InChI=1S/C27H26N4O2/c1-4-31-23-13-9-8-12-21(23)22-16-19(14-15-24(22)31)17-28-30-27(33)25(18(2)3)29-26(32)20-10-6-5-7-11-20/h5-17H,4H2,1-3H3,(H,29,32)(H,30,33)/b28-17-. The molecule has 6 nitrogen and oxygen atoms in total. The van der Waals surface area contributed by atoms with Gasteiger partial charge in [-0.2, -0.15) is 5.10 Å². The molecule has 4 rings (SSSR count). The summed E-state index contributed by atoms with van der Waals surface area (Å²) >= 11 is 0. The van der Waals surface area contributed by atoms with Gasteiger partial charge in [-0.15, -0.1) is 0 Å². The van der Waals surface area contributed by atoms with Gasteiger partial charge in [0, 0.05) is 33.9 Å². The lowest BCUT2D eigenvalue weighted by molar-refractivity contribution is -0.117. The molecular formula is C27H26N4O2. The number of carbonyl (C=O) groups excluding carboxylic acids is 2. The van der Waals surface area contributed by atoms with Crippen molar-refractivity contribution < 1.29 is 9.59 Å². The maximum Gasteiger partial charge on any atom is 0.287 e. The maximum atomic E-state index is 12.7. The van der Waals surface area contributed by atoms with Gasteiger partial charge in [0.25, 0.3) is 11.8 Å². The van der Waals surface area contributed by atoms with Gasteiger partial charge >= 0.3 is 0 Å². The van der Waals surface area contributed by atoms with Crippen molar-refractivity contribution in [1.82, 2.24) is 15.3 Å². The number of hydrogen-bond acceptors (Lipinski definition) is 3. The summed E-state index contributed by atoms with van der Waals surface area (Å²) in [6, 6.07) is 23.2. The van der Waals surface area contributed by atoms with Crippen LogP contribution in [0.5, 0.6) is 0 Å². The zero-order chi connectivity index (χ0) is 23.4. The second-order valence-corrected chi connectivity index (χ2v) is 7.93. The molecule has 0 unspecified atom stereocenters. The fourth-order valence-electron chi connectivity index (χ4n) is 3.90. The molecule has 3 aromatic carbocycles. The number of hydrazone groups is 1. The van der Waals surface area contributed by atoms with E-state index in [0.29, 0.717) is 11.1 Å². The van der Waals surface area contributed by atoms with Crippen LogP contribution in [0.2, 0.25) is 0 Å². The highest BCUT2D eigenvalue weighted by atomic mass is 16.2. The Kier molecular flexibility index (Phi) is 6.36. The minimum atomic E-state index is -0.473. The van der Waals surface area contributed by atoms with E-state index in [-0.39, 0.29) is 11.6 Å². The van der Waals surface area contributed by atoms with E-state index in [1.807, 2.05) is 24.3 Å². The quantitative estimate of drug-likeness (QED) is 0.253. The summed E-state index contributed by atoms with van der Waals surface area (Å²) in [4.78, 5) is 25.1. The Balaban J connectivity index is 1.52. The molecule has 0 aliphatic rings. The highest BCUT2D eigenvalue weighted by Gasteiger charge is 2.15. The Morgan fingerprint density at radius 1 is 0.909 bits per heavy atom. The van der Waals surface area contributed by atoms with Crippen LogP contribution >= 0.6 is 0 Å². The van der Waals surface area contributed by atoms with Crippen molar-refractivity contribution in [3.8, 4) is 0 Å². The number of fused-ring (bicyclic) bond motifs is 3. The van der Waals surface area contributed by atoms with Crippen LogP contribution < -0.4 is 10.7 Å². The number of nitrogens with zero attached hydrogens (tertiary/aromatic N) is 2. The minimum Gasteiger partial charge on any atom is -0.341 e. The molecule has 0 saturated carbocycles. The number of hydrogen-bond donors (Lipinski definition) is 2. The molecule has 4 aromatic rings. The number of allylic oxidation sites excluding steroid dienone is 1. The predicted molar refractivity (Wildman–Crippen MR) is 133 cm³/mol. The fraction of sp³-hybridized carbons (Fsp3) is 0.148. The van der Waals surface area contributed by atoms with Crippen molar-refractivity contribution in [3.05, 3.63) is 95.2 Å². The molecule has 0 aliphatic carbocycles. The third kappa shape index (κ3) is 4.55. The Labute approximate surface area is 192 Å². The van der Waals surface area contributed by atoms with Crippen molar-refractivity contribution in [3.63, 3.8) is 0 Å². The first-order valence-corrected chi connectivity index (χ1v) is 10.9. The average Bonchev–Trinajstić information content (AvgIpc) is 3.15. The van der Waals surface area contributed by atoms with Gasteiger partial charge < -0.3 is 9.88 Å². The molecule has 166 valence electrons. The Morgan fingerprint density at radius 2 is 1.61 bits per heavy atom. The SMILES string of the molecule is CCn1c2ccccc2c2cc(/C=N\NC(=O)C(NC(=O)c3ccccc3)=C(C)C)ccc21. The van der Waals surface area contributed by atoms with Crippen LogP contribution in [0, 0.1) is 0 Å². The summed E-state index contributed by atoms with van der Waals surface area (Å²) in [5, 5.41) is 9.13. The number of aromatic nitrogens is 1. The van der Waals surface area contributed by atoms with Crippen LogP contribution in [-0.4, -0.2) is 22.6 Å². The number of para-hydroxylation sites is 1. The lowest BCUT2D eigenvalue weighted by Crippen LogP contribution is -2.33. The highest BCUT2D eigenvalue weighted by molar-refractivity contribution is 6.09. The van der Waals surface area contributed by atoms with Crippen LogP contribution in [0.4, 0.5) is 0 Å². The molecule has 2 N–H and O–H groups in total. The summed E-state index contributed by atoms with van der Waals surface area (Å²) in [6.07, 6.45) is 1.61. The van der Waals surface area contributed by atoms with Crippen LogP contribution in [0.25, 0.3) is 21.8 Å². The van der Waals surface area contributed by atoms with Crippen LogP contribution in [0.15, 0.2) is 89.2 Å². The second-order valence-electron chi connectivity index (χ2n) is 7.93. The van der Waals surface area contributed by atoms with Crippen molar-refractivity contribution >= 4 is 39.8 Å². The monoisotopic (exact) mass is 438 g/mol. The van der Waals surface area contributed by atoms with Crippen molar-refractivity contribution in [2.24, 2.45) is 5.10 Å². The van der Waals surface area contributed by atoms with Gasteiger partial charge in [0.15, 0.2) is 0 Å². The Bertz CT molecular complexity index is 1390. The van der Waals surface area contributed by atoms with E-state index >= 15 is 0 Å². The molecule has 0 radical (unpaired) electrons. The summed E-state index contributed by atoms with van der Waals surface area (Å²) in [5.74, 6) is -0.817. The third-order valence-corrected chi connectivity index (χ3v) is 5.49. The molecular weight excluding hydrogens is 412 g/mol. The lowest BCUT2D eigenvalue weighted by Gasteiger charge is -2.10. The van der Waals surface area contributed by atoms with Gasteiger partial charge in [0.05, 0.1) is 6.21 Å². The largest absolute Gasteiger partial charge is 0.341 e. The van der Waals surface area contributed by atoms with Gasteiger partial charge in [-0.05, 0) is 62.2 Å². The average molecular weight is 439 g/mol. The first-order chi connectivity index (χ1) is 16.0. The van der Waals surface area contributed by atoms with E-state index in [1.165, 1.54) is 10.9 Å². The van der Waals surface area contributed by atoms with Crippen LogP contribution in [0.1, 0.15) is 36.7 Å². The summed E-state index contributed by atoms with van der Waals surface area (Å²) in [5.41, 5.74) is 7.09. The number of rotatable bonds is 6. The Hall–Kier alpha value is -4.19. The minimum absolute atomic E-state index is 0.183. The molecule has 2 amide bonds. The summed E-state index contributed by atoms with van der Waals surface area (Å²) < 4.78 is 2.28. The number of carbonyl (C=O) groups is 2. The first kappa shape index (κ1) is 22.0. The van der Waals surface area contributed by atoms with E-state index < -0.39 is 5.91 Å². The molecule has 0 bridgehead atoms. The molecule has 6 heteroatoms. The van der Waals surface area contributed by atoms with Crippen molar-refractivity contribution in [2.75, 3.05) is 0 Å². The number of benzene rings is 3. The van der Waals surface area contributed by atoms with E-state index in [1.54, 1.807) is 44.3 Å². The smallest absolute Gasteiger partial charge is 0.287 e. The number of amides is 2. The van der Waals surface area contributed by atoms with E-state index in [9.17, 15) is 9.59 Å².